The summed E-state index contributed by atoms with van der Waals surface area (Å²) in [6, 6.07) is -0.848. The third kappa shape index (κ3) is 3.45. The minimum absolute atomic E-state index is 0.526. The van der Waals surface area contributed by atoms with Gasteiger partial charge in [0.2, 0.25) is 5.82 Å². The van der Waals surface area contributed by atoms with Crippen molar-refractivity contribution in [1.82, 2.24) is 5.32 Å². The molecule has 0 aromatic heterocycles. The lowest BCUT2D eigenvalue weighted by atomic mass is 10.2. The Morgan fingerprint density at radius 2 is 1.38 bits per heavy atom. The van der Waals surface area contributed by atoms with Crippen LogP contribution < -0.4 is 10.6 Å². The number of anilines is 1. The van der Waals surface area contributed by atoms with E-state index in [0.29, 0.717) is 0 Å². The Morgan fingerprint density at radius 3 is 1.81 bits per heavy atom. The van der Waals surface area contributed by atoms with E-state index in [9.17, 15) is 31.5 Å². The maximum Gasteiger partial charge on any atom is 0.313 e. The molecule has 0 heterocycles. The highest BCUT2D eigenvalue weighted by Crippen LogP contribution is 2.26. The molecule has 0 bridgehead atoms. The van der Waals surface area contributed by atoms with E-state index in [1.54, 1.807) is 0 Å². The van der Waals surface area contributed by atoms with Gasteiger partial charge in [0.25, 0.3) is 0 Å². The maximum absolute atomic E-state index is 13.2. The Hall–Kier alpha value is -2.23. The number of benzene rings is 1. The maximum atomic E-state index is 13.2. The molecule has 0 spiro atoms. The molecule has 2 amide bonds. The molecule has 0 saturated heterocycles. The SMILES string of the molecule is C[C@H](CO)NC(=O)C(=O)Nc1c(F)c(F)c(F)c(F)c1F. The summed E-state index contributed by atoms with van der Waals surface area (Å²) < 4.78 is 65.0. The molecule has 1 aromatic rings. The molecule has 0 saturated carbocycles. The number of aliphatic hydroxyl groups is 1. The average molecular weight is 312 g/mol. The summed E-state index contributed by atoms with van der Waals surface area (Å²) in [4.78, 5) is 22.5. The zero-order valence-electron chi connectivity index (χ0n) is 10.4. The van der Waals surface area contributed by atoms with Gasteiger partial charge < -0.3 is 15.7 Å². The summed E-state index contributed by atoms with van der Waals surface area (Å²) >= 11 is 0. The number of rotatable bonds is 3. The number of amides is 2. The monoisotopic (exact) mass is 312 g/mol. The molecule has 0 radical (unpaired) electrons. The number of halogens is 5. The van der Waals surface area contributed by atoms with E-state index in [1.165, 1.54) is 12.2 Å². The second-order valence-corrected chi connectivity index (χ2v) is 3.96. The number of nitrogens with one attached hydrogen (secondary N) is 2. The van der Waals surface area contributed by atoms with Crippen LogP contribution in [-0.4, -0.2) is 29.6 Å². The Kier molecular flexibility index (Phi) is 5.19. The predicted octanol–water partition coefficient (Wildman–Crippen LogP) is 0.818. The summed E-state index contributed by atoms with van der Waals surface area (Å²) in [6.07, 6.45) is 0. The van der Waals surface area contributed by atoms with Gasteiger partial charge in [-0.3, -0.25) is 9.59 Å². The molecule has 5 nitrogen and oxygen atoms in total. The topological polar surface area (TPSA) is 78.4 Å². The van der Waals surface area contributed by atoms with E-state index in [0.717, 1.165) is 0 Å². The van der Waals surface area contributed by atoms with Crippen molar-refractivity contribution >= 4 is 17.5 Å². The zero-order chi connectivity index (χ0) is 16.3. The fourth-order valence-electron chi connectivity index (χ4n) is 1.22. The van der Waals surface area contributed by atoms with Crippen LogP contribution in [0.3, 0.4) is 0 Å². The molecule has 21 heavy (non-hydrogen) atoms. The Labute approximate surface area is 114 Å². The predicted molar refractivity (Wildman–Crippen MR) is 59.6 cm³/mol. The highest BCUT2D eigenvalue weighted by molar-refractivity contribution is 6.39. The highest BCUT2D eigenvalue weighted by Gasteiger charge is 2.28. The van der Waals surface area contributed by atoms with Crippen molar-refractivity contribution in [1.29, 1.82) is 0 Å². The molecule has 0 fully saturated rings. The van der Waals surface area contributed by atoms with Gasteiger partial charge in [0.05, 0.1) is 6.61 Å². The number of hydrogen-bond donors (Lipinski definition) is 3. The molecule has 0 aliphatic carbocycles. The third-order valence-corrected chi connectivity index (χ3v) is 2.31. The fourth-order valence-corrected chi connectivity index (χ4v) is 1.22. The van der Waals surface area contributed by atoms with Gasteiger partial charge in [0.1, 0.15) is 5.69 Å². The van der Waals surface area contributed by atoms with Crippen molar-refractivity contribution in [2.45, 2.75) is 13.0 Å². The van der Waals surface area contributed by atoms with Gasteiger partial charge in [-0.15, -0.1) is 0 Å². The van der Waals surface area contributed by atoms with Crippen molar-refractivity contribution in [2.75, 3.05) is 11.9 Å². The first-order valence-corrected chi connectivity index (χ1v) is 5.44. The normalized spacial score (nSPS) is 12.0. The van der Waals surface area contributed by atoms with Gasteiger partial charge in [-0.25, -0.2) is 22.0 Å². The van der Waals surface area contributed by atoms with Crippen LogP contribution in [-0.2, 0) is 9.59 Å². The summed E-state index contributed by atoms with van der Waals surface area (Å²) in [5.74, 6) is -14.5. The largest absolute Gasteiger partial charge is 0.394 e. The standard InChI is InChI=1S/C11H9F5N2O3/c1-3(2-19)17-10(20)11(21)18-9-7(15)5(13)4(12)6(14)8(9)16/h3,19H,2H2,1H3,(H,17,20)(H,18,21)/t3-/m1/s1. The highest BCUT2D eigenvalue weighted by atomic mass is 19.2. The quantitative estimate of drug-likeness (QED) is 0.335. The first-order chi connectivity index (χ1) is 9.70. The molecule has 10 heteroatoms. The number of carbonyl (C=O) groups excluding carboxylic acids is 2. The zero-order valence-corrected chi connectivity index (χ0v) is 10.4. The number of hydrogen-bond acceptors (Lipinski definition) is 3. The molecular formula is C11H9F5N2O3. The van der Waals surface area contributed by atoms with Crippen molar-refractivity contribution in [3.8, 4) is 0 Å². The van der Waals surface area contributed by atoms with Gasteiger partial charge in [-0.1, -0.05) is 0 Å². The van der Waals surface area contributed by atoms with E-state index in [1.807, 2.05) is 5.32 Å². The molecule has 1 atom stereocenters. The smallest absolute Gasteiger partial charge is 0.313 e. The Bertz CT molecular complexity index is 565. The third-order valence-electron chi connectivity index (χ3n) is 2.31. The van der Waals surface area contributed by atoms with Crippen LogP contribution in [0.5, 0.6) is 0 Å². The van der Waals surface area contributed by atoms with Crippen LogP contribution in [0.4, 0.5) is 27.6 Å². The summed E-state index contributed by atoms with van der Waals surface area (Å²) in [5, 5.41) is 11.8. The van der Waals surface area contributed by atoms with Gasteiger partial charge in [-0.2, -0.15) is 0 Å². The van der Waals surface area contributed by atoms with Crippen molar-refractivity contribution in [3.05, 3.63) is 29.1 Å². The summed E-state index contributed by atoms with van der Waals surface area (Å²) in [6.45, 7) is 0.783. The van der Waals surface area contributed by atoms with E-state index in [4.69, 9.17) is 5.11 Å². The van der Waals surface area contributed by atoms with E-state index in [-0.39, 0.29) is 0 Å². The second-order valence-electron chi connectivity index (χ2n) is 3.96. The molecule has 0 aliphatic rings. The molecule has 1 rings (SSSR count). The van der Waals surface area contributed by atoms with Crippen LogP contribution >= 0.6 is 0 Å². The van der Waals surface area contributed by atoms with Crippen LogP contribution in [0, 0.1) is 29.1 Å². The van der Waals surface area contributed by atoms with Crippen molar-refractivity contribution in [3.63, 3.8) is 0 Å². The van der Waals surface area contributed by atoms with E-state index >= 15 is 0 Å². The van der Waals surface area contributed by atoms with E-state index in [2.05, 4.69) is 0 Å². The van der Waals surface area contributed by atoms with Gasteiger partial charge in [0, 0.05) is 6.04 Å². The van der Waals surface area contributed by atoms with Gasteiger partial charge >= 0.3 is 11.8 Å². The first-order valence-electron chi connectivity index (χ1n) is 5.44. The van der Waals surface area contributed by atoms with Crippen LogP contribution in [0.2, 0.25) is 0 Å². The van der Waals surface area contributed by atoms with E-state index < -0.39 is 59.2 Å². The first kappa shape index (κ1) is 16.8. The average Bonchev–Trinajstić information content (AvgIpc) is 2.46. The summed E-state index contributed by atoms with van der Waals surface area (Å²) in [5.41, 5.74) is -1.64. The number of carbonyl (C=O) groups is 2. The summed E-state index contributed by atoms with van der Waals surface area (Å²) in [7, 11) is 0. The van der Waals surface area contributed by atoms with Gasteiger partial charge in [0.15, 0.2) is 23.3 Å². The molecule has 116 valence electrons. The second kappa shape index (κ2) is 6.48. The lowest BCUT2D eigenvalue weighted by Crippen LogP contribution is -2.42. The lowest BCUT2D eigenvalue weighted by molar-refractivity contribution is -0.136. The van der Waals surface area contributed by atoms with Crippen LogP contribution in [0.25, 0.3) is 0 Å². The molecule has 1 aromatic carbocycles. The van der Waals surface area contributed by atoms with Crippen LogP contribution in [0.1, 0.15) is 6.92 Å². The molecular weight excluding hydrogens is 303 g/mol. The molecule has 0 aliphatic heterocycles. The fraction of sp³-hybridized carbons (Fsp3) is 0.273. The molecule has 3 N–H and O–H groups in total. The van der Waals surface area contributed by atoms with Gasteiger partial charge in [-0.05, 0) is 6.92 Å². The van der Waals surface area contributed by atoms with Crippen LogP contribution in [0.15, 0.2) is 0 Å². The lowest BCUT2D eigenvalue weighted by Gasteiger charge is -2.12. The Balaban J connectivity index is 3.04. The Morgan fingerprint density at radius 1 is 0.952 bits per heavy atom. The molecule has 0 unspecified atom stereocenters. The minimum atomic E-state index is -2.39. The van der Waals surface area contributed by atoms with Crippen molar-refractivity contribution in [2.24, 2.45) is 0 Å². The minimum Gasteiger partial charge on any atom is -0.394 e. The number of aliphatic hydroxyl groups excluding tert-OH is 1. The van der Waals surface area contributed by atoms with Crippen molar-refractivity contribution < 1.29 is 36.6 Å².